The summed E-state index contributed by atoms with van der Waals surface area (Å²) in [5.74, 6) is -0.923. The van der Waals surface area contributed by atoms with Gasteiger partial charge in [-0.2, -0.15) is 0 Å². The molecular formula is C34H35Cl2N3O4S. The molecule has 1 atom stereocenters. The molecule has 0 spiro atoms. The SMILES string of the molecule is Cc1ccccc1CN(C(=O)CN(c1cccc(Cl)c1Cl)S(=O)(=O)c1ccccc1)C(Cc1ccccc1)C(=O)NC(C)C. The maximum Gasteiger partial charge on any atom is 0.264 e. The molecule has 10 heteroatoms. The number of rotatable bonds is 12. The average molecular weight is 653 g/mol. The van der Waals surface area contributed by atoms with Gasteiger partial charge >= 0.3 is 0 Å². The minimum atomic E-state index is -4.28. The zero-order chi connectivity index (χ0) is 31.9. The van der Waals surface area contributed by atoms with Crippen LogP contribution in [0.25, 0.3) is 0 Å². The number of hydrogen-bond donors (Lipinski definition) is 1. The summed E-state index contributed by atoms with van der Waals surface area (Å²) >= 11 is 12.9. The minimum absolute atomic E-state index is 0.00897. The summed E-state index contributed by atoms with van der Waals surface area (Å²) in [7, 11) is -4.28. The summed E-state index contributed by atoms with van der Waals surface area (Å²) in [6.07, 6.45) is 0.223. The molecule has 0 radical (unpaired) electrons. The number of benzene rings is 4. The molecule has 0 aliphatic heterocycles. The van der Waals surface area contributed by atoms with Gasteiger partial charge in [-0.05, 0) is 61.7 Å². The highest BCUT2D eigenvalue weighted by atomic mass is 35.5. The van der Waals surface area contributed by atoms with Crippen LogP contribution in [0.4, 0.5) is 5.69 Å². The Labute approximate surface area is 269 Å². The Kier molecular flexibility index (Phi) is 11.1. The van der Waals surface area contributed by atoms with Crippen molar-refractivity contribution in [2.24, 2.45) is 0 Å². The van der Waals surface area contributed by atoms with Gasteiger partial charge in [-0.3, -0.25) is 13.9 Å². The third kappa shape index (κ3) is 8.00. The van der Waals surface area contributed by atoms with Crippen molar-refractivity contribution >= 4 is 50.7 Å². The quantitative estimate of drug-likeness (QED) is 0.186. The Hall–Kier alpha value is -3.85. The van der Waals surface area contributed by atoms with Crippen LogP contribution in [0.1, 0.15) is 30.5 Å². The van der Waals surface area contributed by atoms with Crippen molar-refractivity contribution in [1.82, 2.24) is 10.2 Å². The second-order valence-electron chi connectivity index (χ2n) is 10.7. The summed E-state index contributed by atoms with van der Waals surface area (Å²) in [5, 5.41) is 3.08. The number of hydrogen-bond acceptors (Lipinski definition) is 4. The average Bonchev–Trinajstić information content (AvgIpc) is 3.00. The van der Waals surface area contributed by atoms with Crippen LogP contribution in [0.2, 0.25) is 10.0 Å². The van der Waals surface area contributed by atoms with Gasteiger partial charge in [0.05, 0.1) is 20.6 Å². The summed E-state index contributed by atoms with van der Waals surface area (Å²) in [4.78, 5) is 29.7. The molecule has 0 saturated carbocycles. The van der Waals surface area contributed by atoms with E-state index in [1.165, 1.54) is 23.1 Å². The van der Waals surface area contributed by atoms with E-state index in [4.69, 9.17) is 23.2 Å². The van der Waals surface area contributed by atoms with Gasteiger partial charge in [0.25, 0.3) is 10.0 Å². The van der Waals surface area contributed by atoms with Gasteiger partial charge in [0.1, 0.15) is 12.6 Å². The van der Waals surface area contributed by atoms with Crippen molar-refractivity contribution < 1.29 is 18.0 Å². The Morgan fingerprint density at radius 3 is 2.07 bits per heavy atom. The first-order valence-corrected chi connectivity index (χ1v) is 16.4. The van der Waals surface area contributed by atoms with Crippen molar-refractivity contribution in [3.8, 4) is 0 Å². The van der Waals surface area contributed by atoms with E-state index in [1.807, 2.05) is 75.4 Å². The third-order valence-corrected chi connectivity index (χ3v) is 9.70. The molecule has 0 bridgehead atoms. The normalized spacial score (nSPS) is 12.0. The number of carbonyl (C=O) groups is 2. The van der Waals surface area contributed by atoms with Crippen molar-refractivity contribution in [3.63, 3.8) is 0 Å². The van der Waals surface area contributed by atoms with Gasteiger partial charge in [-0.25, -0.2) is 8.42 Å². The molecule has 7 nitrogen and oxygen atoms in total. The van der Waals surface area contributed by atoms with Crippen LogP contribution in [0.5, 0.6) is 0 Å². The molecule has 2 amide bonds. The molecule has 4 rings (SSSR count). The van der Waals surface area contributed by atoms with Crippen LogP contribution in [-0.4, -0.2) is 43.8 Å². The summed E-state index contributed by atoms with van der Waals surface area (Å²) in [5.41, 5.74) is 2.67. The fourth-order valence-corrected chi connectivity index (χ4v) is 6.72. The lowest BCUT2D eigenvalue weighted by Gasteiger charge is -2.34. The van der Waals surface area contributed by atoms with E-state index in [0.29, 0.717) is 0 Å². The highest BCUT2D eigenvalue weighted by Crippen LogP contribution is 2.35. The largest absolute Gasteiger partial charge is 0.352 e. The number of carbonyl (C=O) groups excluding carboxylic acids is 2. The molecule has 1 unspecified atom stereocenters. The van der Waals surface area contributed by atoms with Gasteiger partial charge < -0.3 is 10.2 Å². The Bertz CT molecular complexity index is 1700. The Morgan fingerprint density at radius 2 is 1.43 bits per heavy atom. The number of amides is 2. The highest BCUT2D eigenvalue weighted by molar-refractivity contribution is 7.92. The van der Waals surface area contributed by atoms with Crippen LogP contribution in [0.15, 0.2) is 108 Å². The molecule has 1 N–H and O–H groups in total. The molecule has 0 aliphatic carbocycles. The first-order valence-electron chi connectivity index (χ1n) is 14.2. The first-order chi connectivity index (χ1) is 21.0. The molecule has 4 aromatic carbocycles. The number of anilines is 1. The van der Waals surface area contributed by atoms with Gasteiger partial charge in [0, 0.05) is 19.0 Å². The lowest BCUT2D eigenvalue weighted by atomic mass is 10.0. The minimum Gasteiger partial charge on any atom is -0.352 e. The van der Waals surface area contributed by atoms with Gasteiger partial charge in [0.15, 0.2) is 0 Å². The zero-order valence-electron chi connectivity index (χ0n) is 24.8. The van der Waals surface area contributed by atoms with Crippen molar-refractivity contribution in [1.29, 1.82) is 0 Å². The lowest BCUT2D eigenvalue weighted by molar-refractivity contribution is -0.140. The van der Waals surface area contributed by atoms with Crippen LogP contribution in [0, 0.1) is 6.92 Å². The second kappa shape index (κ2) is 14.8. The number of aryl methyl sites for hydroxylation is 1. The zero-order valence-corrected chi connectivity index (χ0v) is 27.1. The topological polar surface area (TPSA) is 86.8 Å². The Morgan fingerprint density at radius 1 is 0.818 bits per heavy atom. The molecule has 0 saturated heterocycles. The molecule has 0 aromatic heterocycles. The highest BCUT2D eigenvalue weighted by Gasteiger charge is 2.35. The fourth-order valence-electron chi connectivity index (χ4n) is 4.82. The molecule has 0 fully saturated rings. The van der Waals surface area contributed by atoms with Crippen molar-refractivity contribution in [2.75, 3.05) is 10.8 Å². The van der Waals surface area contributed by atoms with Crippen LogP contribution in [0.3, 0.4) is 0 Å². The first kappa shape index (κ1) is 33.1. The monoisotopic (exact) mass is 651 g/mol. The second-order valence-corrected chi connectivity index (χ2v) is 13.4. The number of nitrogens with zero attached hydrogens (tertiary/aromatic N) is 2. The summed E-state index contributed by atoms with van der Waals surface area (Å²) < 4.78 is 29.1. The molecule has 44 heavy (non-hydrogen) atoms. The molecule has 0 aliphatic rings. The van der Waals surface area contributed by atoms with Crippen molar-refractivity contribution in [3.05, 3.63) is 130 Å². The number of halogens is 2. The predicted molar refractivity (Wildman–Crippen MR) is 176 cm³/mol. The third-order valence-electron chi connectivity index (χ3n) is 7.11. The molecule has 4 aromatic rings. The summed E-state index contributed by atoms with van der Waals surface area (Å²) in [6.45, 7) is 5.08. The van der Waals surface area contributed by atoms with E-state index >= 15 is 0 Å². The van der Waals surface area contributed by atoms with Crippen LogP contribution < -0.4 is 9.62 Å². The molecule has 230 valence electrons. The van der Waals surface area contributed by atoms with E-state index in [1.54, 1.807) is 30.3 Å². The predicted octanol–water partition coefficient (Wildman–Crippen LogP) is 6.66. The maximum absolute atomic E-state index is 14.5. The van der Waals surface area contributed by atoms with Gasteiger partial charge in [0.2, 0.25) is 11.8 Å². The smallest absolute Gasteiger partial charge is 0.264 e. The van der Waals surface area contributed by atoms with E-state index in [2.05, 4.69) is 5.32 Å². The van der Waals surface area contributed by atoms with Gasteiger partial charge in [-0.1, -0.05) is 102 Å². The molecule has 0 heterocycles. The van der Waals surface area contributed by atoms with E-state index < -0.39 is 28.5 Å². The lowest BCUT2D eigenvalue weighted by Crippen LogP contribution is -2.54. The van der Waals surface area contributed by atoms with Crippen LogP contribution >= 0.6 is 23.2 Å². The van der Waals surface area contributed by atoms with Gasteiger partial charge in [-0.15, -0.1) is 0 Å². The standard InChI is InChI=1S/C34H35Cl2N3O4S/c1-24(2)37-34(41)31(21-26-14-6-4-7-15-26)38(22-27-16-11-10-13-25(27)3)32(40)23-39(30-20-12-19-29(35)33(30)36)44(42,43)28-17-8-5-9-18-28/h4-20,24,31H,21-23H2,1-3H3,(H,37,41). The van der Waals surface area contributed by atoms with E-state index in [9.17, 15) is 18.0 Å². The van der Waals surface area contributed by atoms with E-state index in [-0.39, 0.29) is 45.5 Å². The van der Waals surface area contributed by atoms with Crippen molar-refractivity contribution in [2.45, 2.75) is 50.7 Å². The van der Waals surface area contributed by atoms with E-state index in [0.717, 1.165) is 21.0 Å². The summed E-state index contributed by atoms with van der Waals surface area (Å²) in [6, 6.07) is 28.3. The fraction of sp³-hybridized carbons (Fsp3) is 0.235. The Balaban J connectivity index is 1.84. The maximum atomic E-state index is 14.5. The van der Waals surface area contributed by atoms with Crippen LogP contribution in [-0.2, 0) is 32.6 Å². The number of sulfonamides is 1. The number of nitrogens with one attached hydrogen (secondary N) is 1. The molecular weight excluding hydrogens is 617 g/mol.